The van der Waals surface area contributed by atoms with Gasteiger partial charge in [-0.2, -0.15) is 0 Å². The number of aryl methyl sites for hydroxylation is 1. The highest BCUT2D eigenvalue weighted by Gasteiger charge is 2.36. The van der Waals surface area contributed by atoms with Crippen LogP contribution in [0.2, 0.25) is 0 Å². The predicted octanol–water partition coefficient (Wildman–Crippen LogP) is 6.27. The van der Waals surface area contributed by atoms with E-state index in [1.54, 1.807) is 0 Å². The first-order chi connectivity index (χ1) is 20.9. The average Bonchev–Trinajstić information content (AvgIpc) is 3.47. The fourth-order valence-corrected chi connectivity index (χ4v) is 6.90. The van der Waals surface area contributed by atoms with Crippen LogP contribution in [-0.4, -0.2) is 66.5 Å². The number of piperidine rings is 1. The van der Waals surface area contributed by atoms with E-state index in [9.17, 15) is 9.59 Å². The number of aromatic nitrogens is 1. The van der Waals surface area contributed by atoms with Crippen LogP contribution in [0.5, 0.6) is 0 Å². The van der Waals surface area contributed by atoms with Crippen LogP contribution in [0.1, 0.15) is 60.3 Å². The maximum absolute atomic E-state index is 14.6. The van der Waals surface area contributed by atoms with E-state index in [0.717, 1.165) is 54.4 Å². The third kappa shape index (κ3) is 6.18. The second kappa shape index (κ2) is 12.6. The first-order valence-corrected chi connectivity index (χ1v) is 15.6. The summed E-state index contributed by atoms with van der Waals surface area (Å²) in [5.41, 5.74) is 6.74. The molecule has 1 fully saturated rings. The molecular weight excluding hydrogens is 534 g/mol. The molecule has 2 aliphatic rings. The van der Waals surface area contributed by atoms with E-state index in [-0.39, 0.29) is 17.9 Å². The van der Waals surface area contributed by atoms with Crippen molar-refractivity contribution in [3.8, 4) is 0 Å². The van der Waals surface area contributed by atoms with Crippen molar-refractivity contribution in [2.75, 3.05) is 38.6 Å². The number of amides is 3. The van der Waals surface area contributed by atoms with Crippen LogP contribution in [0.25, 0.3) is 10.9 Å². The lowest BCUT2D eigenvalue weighted by Gasteiger charge is -2.37. The van der Waals surface area contributed by atoms with E-state index in [2.05, 4.69) is 84.8 Å². The molecule has 7 nitrogen and oxygen atoms in total. The first kappa shape index (κ1) is 29.0. The van der Waals surface area contributed by atoms with Crippen molar-refractivity contribution in [3.05, 3.63) is 101 Å². The summed E-state index contributed by atoms with van der Waals surface area (Å²) in [4.78, 5) is 37.7. The molecule has 4 aromatic rings. The number of urea groups is 1. The first-order valence-electron chi connectivity index (χ1n) is 15.6. The Balaban J connectivity index is 1.27. The van der Waals surface area contributed by atoms with Gasteiger partial charge in [0, 0.05) is 54.9 Å². The van der Waals surface area contributed by atoms with Gasteiger partial charge in [0.25, 0.3) is 0 Å². The predicted molar refractivity (Wildman–Crippen MR) is 174 cm³/mol. The van der Waals surface area contributed by atoms with Gasteiger partial charge in [-0.25, -0.2) is 4.79 Å². The molecule has 3 aromatic carbocycles. The molecule has 0 aliphatic carbocycles. The van der Waals surface area contributed by atoms with E-state index in [1.165, 1.54) is 16.7 Å². The van der Waals surface area contributed by atoms with Crippen LogP contribution in [0.3, 0.4) is 0 Å². The minimum atomic E-state index is -0.706. The molecule has 0 bridgehead atoms. The van der Waals surface area contributed by atoms with Crippen molar-refractivity contribution in [2.45, 2.75) is 57.0 Å². The molecule has 6 rings (SSSR count). The zero-order valence-corrected chi connectivity index (χ0v) is 25.6. The lowest BCUT2D eigenvalue weighted by Crippen LogP contribution is -2.56. The molecule has 3 amide bonds. The average molecular weight is 578 g/mol. The molecular formula is C36H43N5O2. The normalized spacial score (nSPS) is 17.1. The van der Waals surface area contributed by atoms with Gasteiger partial charge in [-0.05, 0) is 80.1 Å². The van der Waals surface area contributed by atoms with E-state index >= 15 is 0 Å². The number of para-hydroxylation sites is 1. The van der Waals surface area contributed by atoms with Gasteiger partial charge in [0.05, 0.1) is 0 Å². The van der Waals surface area contributed by atoms with E-state index < -0.39 is 6.04 Å². The number of fused-ring (bicyclic) bond motifs is 2. The van der Waals surface area contributed by atoms with Gasteiger partial charge in [0.15, 0.2) is 0 Å². The van der Waals surface area contributed by atoms with Crippen molar-refractivity contribution in [3.63, 3.8) is 0 Å². The molecule has 3 heterocycles. The highest BCUT2D eigenvalue weighted by atomic mass is 16.2. The second-order valence-electron chi connectivity index (χ2n) is 12.5. The Labute approximate surface area is 254 Å². The highest BCUT2D eigenvalue weighted by Crippen LogP contribution is 2.34. The number of anilines is 1. The SMILES string of the molecule is C[C@@H](c1c[nH]c2ccccc12)[C@@H](NC(=O)N1CCC(c2ccccc2)CC1)C(=O)N1CCCc2ccc(CN(C)C)cc21. The monoisotopic (exact) mass is 577 g/mol. The van der Waals surface area contributed by atoms with Gasteiger partial charge in [-0.3, -0.25) is 4.79 Å². The molecule has 0 radical (unpaired) electrons. The van der Waals surface area contributed by atoms with Gasteiger partial charge >= 0.3 is 6.03 Å². The van der Waals surface area contributed by atoms with Crippen molar-refractivity contribution in [2.24, 2.45) is 0 Å². The number of aromatic amines is 1. The van der Waals surface area contributed by atoms with Crippen LogP contribution in [-0.2, 0) is 17.8 Å². The zero-order chi connectivity index (χ0) is 29.9. The van der Waals surface area contributed by atoms with Gasteiger partial charge in [-0.1, -0.05) is 67.6 Å². The maximum Gasteiger partial charge on any atom is 0.318 e. The molecule has 43 heavy (non-hydrogen) atoms. The number of hydrogen-bond donors (Lipinski definition) is 2. The lowest BCUT2D eigenvalue weighted by atomic mass is 9.89. The number of benzene rings is 3. The van der Waals surface area contributed by atoms with Gasteiger partial charge in [-0.15, -0.1) is 0 Å². The fourth-order valence-electron chi connectivity index (χ4n) is 6.90. The second-order valence-corrected chi connectivity index (χ2v) is 12.5. The fraction of sp³-hybridized carbons (Fsp3) is 0.389. The Bertz CT molecular complexity index is 1570. The summed E-state index contributed by atoms with van der Waals surface area (Å²) in [5, 5.41) is 4.32. The number of nitrogens with one attached hydrogen (secondary N) is 2. The molecule has 224 valence electrons. The van der Waals surface area contributed by atoms with Crippen LogP contribution in [0.4, 0.5) is 10.5 Å². The van der Waals surface area contributed by atoms with Crippen molar-refractivity contribution < 1.29 is 9.59 Å². The molecule has 0 unspecified atom stereocenters. The highest BCUT2D eigenvalue weighted by molar-refractivity contribution is 6.01. The summed E-state index contributed by atoms with van der Waals surface area (Å²) in [5.74, 6) is 0.173. The standard InChI is InChI=1S/C36H43N5O2/c1-25(31-23-37-32-14-8-7-13-30(31)32)34(38-36(43)40-20-17-28(18-21-40)27-10-5-4-6-11-27)35(42)41-19-9-12-29-16-15-26(22-33(29)41)24-39(2)3/h4-8,10-11,13-16,22-23,25,28,34,37H,9,12,17-21,24H2,1-3H3,(H,38,43)/t25-,34+/m0/s1. The van der Waals surface area contributed by atoms with Crippen LogP contribution >= 0.6 is 0 Å². The lowest BCUT2D eigenvalue weighted by molar-refractivity contribution is -0.121. The molecule has 0 saturated carbocycles. The van der Waals surface area contributed by atoms with Crippen molar-refractivity contribution in [1.29, 1.82) is 0 Å². The minimum Gasteiger partial charge on any atom is -0.361 e. The summed E-state index contributed by atoms with van der Waals surface area (Å²) in [6.07, 6.45) is 5.69. The Hall–Kier alpha value is -4.10. The van der Waals surface area contributed by atoms with Crippen LogP contribution < -0.4 is 10.2 Å². The quantitative estimate of drug-likeness (QED) is 0.272. The van der Waals surface area contributed by atoms with E-state index in [4.69, 9.17) is 0 Å². The van der Waals surface area contributed by atoms with E-state index in [1.807, 2.05) is 40.3 Å². The summed E-state index contributed by atoms with van der Waals surface area (Å²) in [6.45, 7) is 4.86. The Morgan fingerprint density at radius 3 is 2.49 bits per heavy atom. The Morgan fingerprint density at radius 2 is 1.72 bits per heavy atom. The van der Waals surface area contributed by atoms with Crippen molar-refractivity contribution in [1.82, 2.24) is 20.1 Å². The van der Waals surface area contributed by atoms with Crippen LogP contribution in [0.15, 0.2) is 79.0 Å². The van der Waals surface area contributed by atoms with Gasteiger partial charge in [0.1, 0.15) is 6.04 Å². The molecule has 1 aromatic heterocycles. The summed E-state index contributed by atoms with van der Waals surface area (Å²) in [7, 11) is 4.11. The number of likely N-dealkylation sites (tertiary alicyclic amines) is 1. The zero-order valence-electron chi connectivity index (χ0n) is 25.6. The number of H-pyrrole nitrogens is 1. The third-order valence-corrected chi connectivity index (χ3v) is 9.24. The molecule has 2 aliphatic heterocycles. The molecule has 7 heteroatoms. The smallest absolute Gasteiger partial charge is 0.318 e. The molecule has 2 atom stereocenters. The maximum atomic E-state index is 14.6. The number of hydrogen-bond acceptors (Lipinski definition) is 3. The third-order valence-electron chi connectivity index (χ3n) is 9.24. The largest absolute Gasteiger partial charge is 0.361 e. The summed E-state index contributed by atoms with van der Waals surface area (Å²) >= 11 is 0. The molecule has 0 spiro atoms. The molecule has 2 N–H and O–H groups in total. The van der Waals surface area contributed by atoms with Crippen molar-refractivity contribution >= 4 is 28.5 Å². The Morgan fingerprint density at radius 1 is 0.977 bits per heavy atom. The molecule has 1 saturated heterocycles. The number of carbonyl (C=O) groups is 2. The van der Waals surface area contributed by atoms with Gasteiger partial charge in [0.2, 0.25) is 5.91 Å². The summed E-state index contributed by atoms with van der Waals surface area (Å²) in [6, 6.07) is 24.4. The topological polar surface area (TPSA) is 71.7 Å². The number of nitrogens with zero attached hydrogens (tertiary/aromatic N) is 3. The number of rotatable bonds is 7. The number of carbonyl (C=O) groups excluding carboxylic acids is 2. The minimum absolute atomic E-state index is 0.0479. The summed E-state index contributed by atoms with van der Waals surface area (Å²) < 4.78 is 0. The van der Waals surface area contributed by atoms with Gasteiger partial charge < -0.3 is 25.0 Å². The van der Waals surface area contributed by atoms with Crippen LogP contribution in [0, 0.1) is 0 Å². The Kier molecular flexibility index (Phi) is 8.52. The van der Waals surface area contributed by atoms with E-state index in [0.29, 0.717) is 25.6 Å².